The van der Waals surface area contributed by atoms with E-state index in [4.69, 9.17) is 0 Å². The molecule has 0 fully saturated rings. The van der Waals surface area contributed by atoms with Crippen molar-refractivity contribution in [3.05, 3.63) is 47.1 Å². The maximum absolute atomic E-state index is 2.33. The fraction of sp³-hybridized carbons (Fsp3) is 0.500. The molecule has 0 nitrogen and oxygen atoms in total. The second-order valence-electron chi connectivity index (χ2n) is 4.55. The second-order valence-corrected chi connectivity index (χ2v) is 4.55. The molecule has 0 spiro atoms. The van der Waals surface area contributed by atoms with Gasteiger partial charge < -0.3 is 0 Å². The van der Waals surface area contributed by atoms with Gasteiger partial charge in [0.2, 0.25) is 0 Å². The minimum atomic E-state index is 0.635. The number of rotatable bonds is 4. The minimum Gasteiger partial charge on any atom is -0.0917 e. The molecule has 1 atom stereocenters. The van der Waals surface area contributed by atoms with Crippen LogP contribution in [0.5, 0.6) is 0 Å². The summed E-state index contributed by atoms with van der Waals surface area (Å²) in [6, 6.07) is 0. The minimum absolute atomic E-state index is 0.635. The van der Waals surface area contributed by atoms with Crippen molar-refractivity contribution in [2.75, 3.05) is 0 Å². The van der Waals surface area contributed by atoms with E-state index >= 15 is 0 Å². The van der Waals surface area contributed by atoms with E-state index in [1.165, 1.54) is 24.8 Å². The Hall–Kier alpha value is -1.04. The van der Waals surface area contributed by atoms with Crippen molar-refractivity contribution in [1.29, 1.82) is 0 Å². The lowest BCUT2D eigenvalue weighted by Crippen LogP contribution is -2.07. The standard InChI is InChI=1S/C16H24/c1-5-7-8-10-13(3)16-14(4)11-9-12-15(16)6-2/h5,7,9,11-12,15H,6,8,10H2,1-4H3/b7-5-,16-13-. The van der Waals surface area contributed by atoms with Crippen LogP contribution in [0.25, 0.3) is 0 Å². The summed E-state index contributed by atoms with van der Waals surface area (Å²) in [5.41, 5.74) is 4.59. The molecule has 0 aromatic rings. The van der Waals surface area contributed by atoms with E-state index in [9.17, 15) is 0 Å². The van der Waals surface area contributed by atoms with E-state index in [1.54, 1.807) is 11.1 Å². The van der Waals surface area contributed by atoms with Crippen LogP contribution < -0.4 is 0 Å². The molecule has 1 rings (SSSR count). The summed E-state index contributed by atoms with van der Waals surface area (Å²) in [6.45, 7) is 8.89. The Morgan fingerprint density at radius 2 is 2.19 bits per heavy atom. The van der Waals surface area contributed by atoms with Gasteiger partial charge in [0, 0.05) is 5.92 Å². The average Bonchev–Trinajstić information content (AvgIpc) is 2.28. The number of hydrogen-bond donors (Lipinski definition) is 0. The molecule has 16 heavy (non-hydrogen) atoms. The molecule has 0 amide bonds. The van der Waals surface area contributed by atoms with Crippen LogP contribution in [0.4, 0.5) is 0 Å². The van der Waals surface area contributed by atoms with Gasteiger partial charge >= 0.3 is 0 Å². The quantitative estimate of drug-likeness (QED) is 0.566. The van der Waals surface area contributed by atoms with Gasteiger partial charge in [0.25, 0.3) is 0 Å². The Bertz CT molecular complexity index is 337. The first-order valence-electron chi connectivity index (χ1n) is 6.37. The van der Waals surface area contributed by atoms with Crippen molar-refractivity contribution < 1.29 is 0 Å². The molecule has 1 aliphatic rings. The van der Waals surface area contributed by atoms with E-state index < -0.39 is 0 Å². The molecule has 88 valence electrons. The van der Waals surface area contributed by atoms with E-state index in [1.807, 2.05) is 0 Å². The van der Waals surface area contributed by atoms with Crippen molar-refractivity contribution in [2.24, 2.45) is 5.92 Å². The SMILES string of the molecule is C/C=C\CC/C(C)=C1/C(C)=CC=CC1CC. The fourth-order valence-electron chi connectivity index (χ4n) is 2.41. The van der Waals surface area contributed by atoms with Crippen molar-refractivity contribution in [1.82, 2.24) is 0 Å². The summed E-state index contributed by atoms with van der Waals surface area (Å²) >= 11 is 0. The van der Waals surface area contributed by atoms with Gasteiger partial charge in [-0.05, 0) is 51.2 Å². The molecule has 1 unspecified atom stereocenters. The lowest BCUT2D eigenvalue weighted by atomic mass is 9.83. The van der Waals surface area contributed by atoms with Crippen molar-refractivity contribution in [2.45, 2.75) is 47.0 Å². The third-order valence-electron chi connectivity index (χ3n) is 3.31. The highest BCUT2D eigenvalue weighted by Gasteiger charge is 2.15. The van der Waals surface area contributed by atoms with Gasteiger partial charge in [-0.15, -0.1) is 0 Å². The van der Waals surface area contributed by atoms with Gasteiger partial charge in [-0.2, -0.15) is 0 Å². The first kappa shape index (κ1) is 13.0. The summed E-state index contributed by atoms with van der Waals surface area (Å²) in [4.78, 5) is 0. The maximum atomic E-state index is 2.33. The third-order valence-corrected chi connectivity index (χ3v) is 3.31. The zero-order chi connectivity index (χ0) is 12.0. The van der Waals surface area contributed by atoms with Crippen LogP contribution in [0, 0.1) is 5.92 Å². The molecule has 0 bridgehead atoms. The largest absolute Gasteiger partial charge is 0.0917 e. The summed E-state index contributed by atoms with van der Waals surface area (Å²) < 4.78 is 0. The Kier molecular flexibility index (Phi) is 5.31. The monoisotopic (exact) mass is 216 g/mol. The normalized spacial score (nSPS) is 23.8. The lowest BCUT2D eigenvalue weighted by molar-refractivity contribution is 0.710. The Morgan fingerprint density at radius 3 is 2.81 bits per heavy atom. The van der Waals surface area contributed by atoms with Crippen molar-refractivity contribution in [3.8, 4) is 0 Å². The van der Waals surface area contributed by atoms with Gasteiger partial charge in [0.15, 0.2) is 0 Å². The summed E-state index contributed by atoms with van der Waals surface area (Å²) in [7, 11) is 0. The van der Waals surface area contributed by atoms with Crippen LogP contribution in [0.1, 0.15) is 47.0 Å². The molecule has 0 heterocycles. The summed E-state index contributed by atoms with van der Waals surface area (Å²) in [5, 5.41) is 0. The predicted molar refractivity (Wildman–Crippen MR) is 73.4 cm³/mol. The van der Waals surface area contributed by atoms with Gasteiger partial charge in [0.05, 0.1) is 0 Å². The van der Waals surface area contributed by atoms with Gasteiger partial charge in [-0.25, -0.2) is 0 Å². The Morgan fingerprint density at radius 1 is 1.44 bits per heavy atom. The van der Waals surface area contributed by atoms with Gasteiger partial charge in [-0.3, -0.25) is 0 Å². The van der Waals surface area contributed by atoms with Crippen LogP contribution in [0.15, 0.2) is 47.1 Å². The first-order valence-corrected chi connectivity index (χ1v) is 6.37. The van der Waals surface area contributed by atoms with Crippen LogP contribution >= 0.6 is 0 Å². The Labute approximate surface area is 100 Å². The second kappa shape index (κ2) is 6.52. The smallest absolute Gasteiger partial charge is 0.00205 e. The molecule has 0 aromatic heterocycles. The van der Waals surface area contributed by atoms with Crippen LogP contribution in [-0.2, 0) is 0 Å². The molecule has 0 saturated heterocycles. The molecule has 0 radical (unpaired) electrons. The summed E-state index contributed by atoms with van der Waals surface area (Å²) in [6.07, 6.45) is 14.7. The topological polar surface area (TPSA) is 0 Å². The zero-order valence-electron chi connectivity index (χ0n) is 11.1. The van der Waals surface area contributed by atoms with E-state index in [0.29, 0.717) is 5.92 Å². The molecular weight excluding hydrogens is 192 g/mol. The molecule has 0 saturated carbocycles. The first-order chi connectivity index (χ1) is 7.70. The van der Waals surface area contributed by atoms with Crippen LogP contribution in [0.2, 0.25) is 0 Å². The third kappa shape index (κ3) is 3.23. The fourth-order valence-corrected chi connectivity index (χ4v) is 2.41. The highest BCUT2D eigenvalue weighted by molar-refractivity contribution is 5.43. The van der Waals surface area contributed by atoms with E-state index in [-0.39, 0.29) is 0 Å². The zero-order valence-corrected chi connectivity index (χ0v) is 11.1. The molecule has 0 aromatic carbocycles. The molecule has 1 aliphatic carbocycles. The highest BCUT2D eigenvalue weighted by atomic mass is 14.2. The van der Waals surface area contributed by atoms with Crippen molar-refractivity contribution in [3.63, 3.8) is 0 Å². The molecular formula is C16H24. The van der Waals surface area contributed by atoms with Gasteiger partial charge in [0.1, 0.15) is 0 Å². The molecule has 0 N–H and O–H groups in total. The predicted octanol–water partition coefficient (Wildman–Crippen LogP) is 5.20. The number of allylic oxidation sites excluding steroid dienone is 8. The Balaban J connectivity index is 2.84. The molecule has 0 heteroatoms. The van der Waals surface area contributed by atoms with Crippen LogP contribution in [0.3, 0.4) is 0 Å². The average molecular weight is 216 g/mol. The summed E-state index contributed by atoms with van der Waals surface area (Å²) in [5.74, 6) is 0.635. The lowest BCUT2D eigenvalue weighted by Gasteiger charge is -2.22. The van der Waals surface area contributed by atoms with E-state index in [0.717, 1.165) is 0 Å². The maximum Gasteiger partial charge on any atom is 0.00205 e. The van der Waals surface area contributed by atoms with Crippen LogP contribution in [-0.4, -0.2) is 0 Å². The highest BCUT2D eigenvalue weighted by Crippen LogP contribution is 2.31. The number of hydrogen-bond acceptors (Lipinski definition) is 0. The van der Waals surface area contributed by atoms with E-state index in [2.05, 4.69) is 58.1 Å². The van der Waals surface area contributed by atoms with Crippen molar-refractivity contribution >= 4 is 0 Å². The molecule has 0 aliphatic heterocycles. The van der Waals surface area contributed by atoms with Gasteiger partial charge in [-0.1, -0.05) is 42.9 Å².